The van der Waals surface area contributed by atoms with Crippen molar-refractivity contribution in [3.8, 4) is 16.3 Å². The van der Waals surface area contributed by atoms with E-state index in [1.807, 2.05) is 36.4 Å². The maximum absolute atomic E-state index is 11.4. The summed E-state index contributed by atoms with van der Waals surface area (Å²) in [5.41, 5.74) is 2.14. The highest BCUT2D eigenvalue weighted by Crippen LogP contribution is 2.37. The normalized spacial score (nSPS) is 10.5. The summed E-state index contributed by atoms with van der Waals surface area (Å²) in [6, 6.07) is 13.3. The molecule has 0 saturated heterocycles. The van der Waals surface area contributed by atoms with E-state index in [1.165, 1.54) is 0 Å². The number of nitrogens with zero attached hydrogens (tertiary/aromatic N) is 2. The van der Waals surface area contributed by atoms with Gasteiger partial charge in [-0.25, -0.2) is 4.98 Å². The van der Waals surface area contributed by atoms with Gasteiger partial charge in [0.2, 0.25) is 0 Å². The highest BCUT2D eigenvalue weighted by molar-refractivity contribution is 7.80. The Labute approximate surface area is 143 Å². The smallest absolute Gasteiger partial charge is 0.264 e. The number of thiocarbonyl (C=S) groups is 1. The fourth-order valence-electron chi connectivity index (χ4n) is 2.10. The summed E-state index contributed by atoms with van der Waals surface area (Å²) in [6.45, 7) is 0. The van der Waals surface area contributed by atoms with Crippen molar-refractivity contribution in [1.29, 1.82) is 0 Å². The zero-order valence-corrected chi connectivity index (χ0v) is 14.3. The van der Waals surface area contributed by atoms with Crippen molar-refractivity contribution in [3.63, 3.8) is 0 Å². The van der Waals surface area contributed by atoms with E-state index in [9.17, 15) is 4.79 Å². The molecule has 4 nitrogen and oxygen atoms in total. The minimum Gasteiger partial charge on any atom is -0.430 e. The Balaban J connectivity index is 2.14. The second kappa shape index (κ2) is 6.44. The Morgan fingerprint density at radius 2 is 2.00 bits per heavy atom. The molecule has 0 spiro atoms. The number of aldehydes is 1. The monoisotopic (exact) mass is 342 g/mol. The van der Waals surface area contributed by atoms with Crippen LogP contribution < -0.4 is 4.74 Å². The van der Waals surface area contributed by atoms with E-state index in [1.54, 1.807) is 36.4 Å². The van der Waals surface area contributed by atoms with Gasteiger partial charge in [-0.1, -0.05) is 18.2 Å². The largest absolute Gasteiger partial charge is 0.430 e. The van der Waals surface area contributed by atoms with Crippen molar-refractivity contribution in [1.82, 2.24) is 9.88 Å². The van der Waals surface area contributed by atoms with E-state index in [0.717, 1.165) is 27.1 Å². The van der Waals surface area contributed by atoms with E-state index < -0.39 is 0 Å². The van der Waals surface area contributed by atoms with E-state index in [-0.39, 0.29) is 0 Å². The van der Waals surface area contributed by atoms with Gasteiger partial charge in [-0.2, -0.15) is 0 Å². The van der Waals surface area contributed by atoms with E-state index in [2.05, 4.69) is 4.98 Å². The number of aromatic nitrogens is 1. The third-order valence-electron chi connectivity index (χ3n) is 3.25. The van der Waals surface area contributed by atoms with Crippen molar-refractivity contribution in [2.45, 2.75) is 0 Å². The molecule has 2 aromatic carbocycles. The molecule has 3 aromatic rings. The number of hydrogen-bond donors (Lipinski definition) is 0. The Kier molecular flexibility index (Phi) is 4.36. The van der Waals surface area contributed by atoms with Gasteiger partial charge in [0.15, 0.2) is 12.0 Å². The molecule has 0 aliphatic carbocycles. The van der Waals surface area contributed by atoms with Gasteiger partial charge < -0.3 is 9.64 Å². The lowest BCUT2D eigenvalue weighted by Crippen LogP contribution is -2.25. The molecule has 1 aromatic heterocycles. The van der Waals surface area contributed by atoms with Gasteiger partial charge in [-0.3, -0.25) is 4.79 Å². The first-order valence-electron chi connectivity index (χ1n) is 6.93. The number of fused-ring (bicyclic) bond motifs is 1. The Morgan fingerprint density at radius 3 is 2.70 bits per heavy atom. The van der Waals surface area contributed by atoms with Crippen LogP contribution in [0.4, 0.5) is 0 Å². The van der Waals surface area contributed by atoms with Crippen LogP contribution in [0.1, 0.15) is 10.4 Å². The second-order valence-electron chi connectivity index (χ2n) is 5.09. The molecular formula is C17H14N2O2S2. The molecule has 0 aliphatic rings. The third-order valence-corrected chi connectivity index (χ3v) is 4.77. The maximum Gasteiger partial charge on any atom is 0.264 e. The first-order chi connectivity index (χ1) is 11.1. The van der Waals surface area contributed by atoms with E-state index in [0.29, 0.717) is 16.5 Å². The van der Waals surface area contributed by atoms with Crippen LogP contribution in [0, 0.1) is 0 Å². The first kappa shape index (κ1) is 15.6. The Hall–Kier alpha value is -2.31. The maximum atomic E-state index is 11.4. The molecule has 0 aliphatic heterocycles. The van der Waals surface area contributed by atoms with Gasteiger partial charge in [0.1, 0.15) is 5.01 Å². The number of hydrogen-bond acceptors (Lipinski definition) is 5. The van der Waals surface area contributed by atoms with Crippen LogP contribution in [0.5, 0.6) is 5.75 Å². The number of para-hydroxylation sites is 2. The topological polar surface area (TPSA) is 42.4 Å². The van der Waals surface area contributed by atoms with E-state index in [4.69, 9.17) is 17.0 Å². The quantitative estimate of drug-likeness (QED) is 0.532. The molecule has 0 atom stereocenters. The summed E-state index contributed by atoms with van der Waals surface area (Å²) in [5, 5.41) is 1.09. The van der Waals surface area contributed by atoms with Gasteiger partial charge in [-0.05, 0) is 36.5 Å². The summed E-state index contributed by atoms with van der Waals surface area (Å²) in [6.07, 6.45) is 0.768. The lowest BCUT2D eigenvalue weighted by atomic mass is 10.1. The number of carbonyl (C=O) groups is 1. The highest BCUT2D eigenvalue weighted by Gasteiger charge is 2.17. The van der Waals surface area contributed by atoms with Crippen molar-refractivity contribution in [2.75, 3.05) is 14.1 Å². The predicted octanol–water partition coefficient (Wildman–Crippen LogP) is 4.00. The average molecular weight is 342 g/mol. The lowest BCUT2D eigenvalue weighted by Gasteiger charge is -2.17. The Morgan fingerprint density at radius 1 is 1.22 bits per heavy atom. The molecule has 0 bridgehead atoms. The van der Waals surface area contributed by atoms with Gasteiger partial charge in [-0.15, -0.1) is 11.3 Å². The molecule has 0 saturated carbocycles. The van der Waals surface area contributed by atoms with Crippen molar-refractivity contribution >= 4 is 45.2 Å². The van der Waals surface area contributed by atoms with Crippen LogP contribution >= 0.6 is 23.6 Å². The molecule has 0 radical (unpaired) electrons. The van der Waals surface area contributed by atoms with Gasteiger partial charge >= 0.3 is 0 Å². The Bertz CT molecular complexity index is 854. The molecule has 23 heavy (non-hydrogen) atoms. The van der Waals surface area contributed by atoms with E-state index >= 15 is 0 Å². The zero-order valence-electron chi connectivity index (χ0n) is 12.6. The van der Waals surface area contributed by atoms with Crippen LogP contribution in [0.25, 0.3) is 20.8 Å². The lowest BCUT2D eigenvalue weighted by molar-refractivity contribution is 0.112. The average Bonchev–Trinajstić information content (AvgIpc) is 2.98. The fourth-order valence-corrected chi connectivity index (χ4v) is 3.17. The van der Waals surface area contributed by atoms with Crippen LogP contribution in [0.15, 0.2) is 42.5 Å². The first-order valence-corrected chi connectivity index (χ1v) is 8.16. The standard InChI is InChI=1S/C17H14N2O2S2/c1-19(2)17(22)21-15-11(10-20)6-5-7-12(15)16-18-13-8-3-4-9-14(13)23-16/h3-10H,1-2H3. The van der Waals surface area contributed by atoms with Crippen molar-refractivity contribution < 1.29 is 9.53 Å². The summed E-state index contributed by atoms with van der Waals surface area (Å²) in [5.74, 6) is 0.445. The van der Waals surface area contributed by atoms with Crippen LogP contribution in [0.3, 0.4) is 0 Å². The SMILES string of the molecule is CN(C)C(=S)Oc1c(C=O)cccc1-c1nc2ccccc2s1. The summed E-state index contributed by atoms with van der Waals surface area (Å²) < 4.78 is 6.86. The van der Waals surface area contributed by atoms with Gasteiger partial charge in [0.05, 0.1) is 21.3 Å². The third kappa shape index (κ3) is 3.09. The zero-order chi connectivity index (χ0) is 16.4. The number of carbonyl (C=O) groups excluding carboxylic acids is 1. The number of rotatable bonds is 3. The molecule has 6 heteroatoms. The number of benzene rings is 2. The fraction of sp³-hybridized carbons (Fsp3) is 0.118. The van der Waals surface area contributed by atoms with Crippen LogP contribution in [-0.4, -0.2) is 35.4 Å². The molecule has 3 rings (SSSR count). The predicted molar refractivity (Wildman–Crippen MR) is 97.4 cm³/mol. The number of ether oxygens (including phenoxy) is 1. The second-order valence-corrected chi connectivity index (χ2v) is 6.47. The molecule has 116 valence electrons. The molecule has 0 N–H and O–H groups in total. The molecule has 0 amide bonds. The van der Waals surface area contributed by atoms with Crippen LogP contribution in [0.2, 0.25) is 0 Å². The summed E-state index contributed by atoms with van der Waals surface area (Å²) in [7, 11) is 3.59. The molecular weight excluding hydrogens is 328 g/mol. The van der Waals surface area contributed by atoms with Crippen molar-refractivity contribution in [3.05, 3.63) is 48.0 Å². The van der Waals surface area contributed by atoms with Crippen LogP contribution in [-0.2, 0) is 0 Å². The molecule has 1 heterocycles. The summed E-state index contributed by atoms with van der Waals surface area (Å²) in [4.78, 5) is 17.7. The minimum atomic E-state index is 0.293. The van der Waals surface area contributed by atoms with Gasteiger partial charge in [0, 0.05) is 14.1 Å². The van der Waals surface area contributed by atoms with Crippen molar-refractivity contribution in [2.24, 2.45) is 0 Å². The van der Waals surface area contributed by atoms with Gasteiger partial charge in [0.25, 0.3) is 5.17 Å². The number of thiazole rings is 1. The minimum absolute atomic E-state index is 0.293. The molecule has 0 unspecified atom stereocenters. The highest BCUT2D eigenvalue weighted by atomic mass is 32.1. The molecule has 0 fully saturated rings. The summed E-state index contributed by atoms with van der Waals surface area (Å²) >= 11 is 6.77.